The summed E-state index contributed by atoms with van der Waals surface area (Å²) in [7, 11) is 0. The lowest BCUT2D eigenvalue weighted by atomic mass is 9.87. The van der Waals surface area contributed by atoms with Gasteiger partial charge in [-0.1, -0.05) is 0 Å². The first-order valence-corrected chi connectivity index (χ1v) is 5.99. The van der Waals surface area contributed by atoms with Gasteiger partial charge in [-0.2, -0.15) is 0 Å². The van der Waals surface area contributed by atoms with Crippen LogP contribution in [0.3, 0.4) is 0 Å². The topological polar surface area (TPSA) is 85.5 Å². The molecule has 0 saturated heterocycles. The van der Waals surface area contributed by atoms with Crippen LogP contribution in [0.5, 0.6) is 0 Å². The molecule has 0 bridgehead atoms. The number of nitrogens with one attached hydrogen (secondary N) is 1. The molecule has 19 heavy (non-hydrogen) atoms. The van der Waals surface area contributed by atoms with E-state index >= 15 is 0 Å². The van der Waals surface area contributed by atoms with Gasteiger partial charge in [0, 0.05) is 5.69 Å². The third kappa shape index (κ3) is 2.83. The van der Waals surface area contributed by atoms with Crippen molar-refractivity contribution in [2.45, 2.75) is 26.2 Å². The van der Waals surface area contributed by atoms with Gasteiger partial charge in [-0.15, -0.1) is 0 Å². The molecule has 0 radical (unpaired) electrons. The molecule has 0 aliphatic heterocycles. The van der Waals surface area contributed by atoms with Crippen LogP contribution in [0.15, 0.2) is 12.1 Å². The molecule has 0 unspecified atom stereocenters. The minimum atomic E-state index is -1.60. The van der Waals surface area contributed by atoms with E-state index in [1.807, 2.05) is 0 Å². The Balaban J connectivity index is 3.21. The second-order valence-electron chi connectivity index (χ2n) is 4.01. The summed E-state index contributed by atoms with van der Waals surface area (Å²) in [5.41, 5.74) is -1.06. The van der Waals surface area contributed by atoms with E-state index in [9.17, 15) is 14.4 Å². The average Bonchev–Trinajstić information content (AvgIpc) is 2.87. The van der Waals surface area contributed by atoms with Crippen molar-refractivity contribution in [3.63, 3.8) is 0 Å². The Labute approximate surface area is 111 Å². The fourth-order valence-corrected chi connectivity index (χ4v) is 1.63. The molecule has 0 aromatic carbocycles. The normalized spacial score (nSPS) is 10.9. The highest BCUT2D eigenvalue weighted by molar-refractivity contribution is 6.05. The summed E-state index contributed by atoms with van der Waals surface area (Å²) in [5.74, 6) is -1.43. The SMILES string of the molecule is CCOC(=O)C(C)(C(=O)OCC)c1ccc(C=O)[nH]1. The molecule has 6 nitrogen and oxygen atoms in total. The molecule has 1 aromatic heterocycles. The predicted molar refractivity (Wildman–Crippen MR) is 66.8 cm³/mol. The molecule has 1 heterocycles. The van der Waals surface area contributed by atoms with Gasteiger partial charge in [0.25, 0.3) is 0 Å². The summed E-state index contributed by atoms with van der Waals surface area (Å²) < 4.78 is 9.85. The molecule has 0 fully saturated rings. The Hall–Kier alpha value is -2.11. The average molecular weight is 267 g/mol. The summed E-state index contributed by atoms with van der Waals surface area (Å²) in [6, 6.07) is 2.98. The number of carbonyl (C=O) groups is 3. The molecule has 0 atom stereocenters. The maximum absolute atomic E-state index is 12.0. The summed E-state index contributed by atoms with van der Waals surface area (Å²) in [6.45, 7) is 5.00. The lowest BCUT2D eigenvalue weighted by Crippen LogP contribution is -2.44. The molecule has 1 rings (SSSR count). The summed E-state index contributed by atoms with van der Waals surface area (Å²) in [6.07, 6.45) is 0.597. The zero-order valence-electron chi connectivity index (χ0n) is 11.2. The smallest absolute Gasteiger partial charge is 0.329 e. The molecule has 0 aliphatic rings. The van der Waals surface area contributed by atoms with Crippen LogP contribution in [-0.2, 0) is 24.5 Å². The van der Waals surface area contributed by atoms with Gasteiger partial charge in [0.1, 0.15) is 0 Å². The van der Waals surface area contributed by atoms with Crippen LogP contribution in [0.25, 0.3) is 0 Å². The fraction of sp³-hybridized carbons (Fsp3) is 0.462. The highest BCUT2D eigenvalue weighted by Crippen LogP contribution is 2.26. The van der Waals surface area contributed by atoms with Crippen molar-refractivity contribution in [1.29, 1.82) is 0 Å². The van der Waals surface area contributed by atoms with Crippen molar-refractivity contribution >= 4 is 18.2 Å². The molecule has 0 amide bonds. The number of esters is 2. The Morgan fingerprint density at radius 1 is 1.21 bits per heavy atom. The summed E-state index contributed by atoms with van der Waals surface area (Å²) >= 11 is 0. The van der Waals surface area contributed by atoms with Gasteiger partial charge in [-0.3, -0.25) is 14.4 Å². The highest BCUT2D eigenvalue weighted by Gasteiger charge is 2.47. The second-order valence-corrected chi connectivity index (χ2v) is 4.01. The Morgan fingerprint density at radius 3 is 2.11 bits per heavy atom. The Morgan fingerprint density at radius 2 is 1.74 bits per heavy atom. The van der Waals surface area contributed by atoms with E-state index in [-0.39, 0.29) is 24.6 Å². The molecule has 0 saturated carbocycles. The third-order valence-corrected chi connectivity index (χ3v) is 2.74. The number of carbonyl (C=O) groups excluding carboxylic acids is 3. The molecule has 6 heteroatoms. The second kappa shape index (κ2) is 6.17. The van der Waals surface area contributed by atoms with Gasteiger partial charge in [0.2, 0.25) is 5.41 Å². The highest BCUT2D eigenvalue weighted by atomic mass is 16.6. The fourth-order valence-electron chi connectivity index (χ4n) is 1.63. The van der Waals surface area contributed by atoms with E-state index in [0.717, 1.165) is 0 Å². The maximum atomic E-state index is 12.0. The van der Waals surface area contributed by atoms with Crippen LogP contribution in [-0.4, -0.2) is 36.4 Å². The predicted octanol–water partition coefficient (Wildman–Crippen LogP) is 1.21. The minimum Gasteiger partial charge on any atom is -0.465 e. The van der Waals surface area contributed by atoms with Gasteiger partial charge in [0.15, 0.2) is 6.29 Å². The van der Waals surface area contributed by atoms with Crippen LogP contribution in [0.4, 0.5) is 0 Å². The molecule has 0 aliphatic carbocycles. The van der Waals surface area contributed by atoms with Crippen molar-refractivity contribution in [2.24, 2.45) is 0 Å². The number of aromatic amines is 1. The number of rotatable bonds is 6. The monoisotopic (exact) mass is 267 g/mol. The Bertz CT molecular complexity index is 459. The molecule has 0 spiro atoms. The quantitative estimate of drug-likeness (QED) is 0.475. The summed E-state index contributed by atoms with van der Waals surface area (Å²) in [4.78, 5) is 37.5. The number of aldehydes is 1. The van der Waals surface area contributed by atoms with E-state index in [1.165, 1.54) is 19.1 Å². The van der Waals surface area contributed by atoms with E-state index in [2.05, 4.69) is 4.98 Å². The van der Waals surface area contributed by atoms with E-state index < -0.39 is 17.4 Å². The lowest BCUT2D eigenvalue weighted by molar-refractivity contribution is -0.164. The zero-order chi connectivity index (χ0) is 14.5. The van der Waals surface area contributed by atoms with Gasteiger partial charge in [0.05, 0.1) is 18.9 Å². The van der Waals surface area contributed by atoms with Crippen LogP contribution >= 0.6 is 0 Å². The van der Waals surface area contributed by atoms with Crippen molar-refractivity contribution in [1.82, 2.24) is 4.98 Å². The van der Waals surface area contributed by atoms with E-state index in [0.29, 0.717) is 6.29 Å². The van der Waals surface area contributed by atoms with Crippen LogP contribution in [0, 0.1) is 0 Å². The van der Waals surface area contributed by atoms with E-state index in [1.54, 1.807) is 13.8 Å². The van der Waals surface area contributed by atoms with Crippen molar-refractivity contribution in [3.8, 4) is 0 Å². The molecular weight excluding hydrogens is 250 g/mol. The van der Waals surface area contributed by atoms with Gasteiger partial charge in [-0.05, 0) is 32.9 Å². The van der Waals surface area contributed by atoms with Crippen LogP contribution in [0.1, 0.15) is 37.0 Å². The van der Waals surface area contributed by atoms with Crippen LogP contribution in [0.2, 0.25) is 0 Å². The zero-order valence-corrected chi connectivity index (χ0v) is 11.2. The standard InChI is InChI=1S/C13H17NO5/c1-4-18-11(16)13(3,12(17)19-5-2)10-7-6-9(8-15)14-10/h6-8,14H,4-5H2,1-3H3. The van der Waals surface area contributed by atoms with Gasteiger partial charge in [-0.25, -0.2) is 0 Å². The third-order valence-electron chi connectivity index (χ3n) is 2.74. The van der Waals surface area contributed by atoms with Gasteiger partial charge < -0.3 is 14.5 Å². The first-order chi connectivity index (χ1) is 9.00. The number of aromatic nitrogens is 1. The van der Waals surface area contributed by atoms with Crippen molar-refractivity contribution in [3.05, 3.63) is 23.5 Å². The molecular formula is C13H17NO5. The van der Waals surface area contributed by atoms with Crippen molar-refractivity contribution < 1.29 is 23.9 Å². The van der Waals surface area contributed by atoms with Crippen LogP contribution < -0.4 is 0 Å². The lowest BCUT2D eigenvalue weighted by Gasteiger charge is -2.23. The number of hydrogen-bond acceptors (Lipinski definition) is 5. The molecule has 104 valence electrons. The minimum absolute atomic E-state index is 0.148. The number of hydrogen-bond donors (Lipinski definition) is 1. The van der Waals surface area contributed by atoms with E-state index in [4.69, 9.17) is 9.47 Å². The number of H-pyrrole nitrogens is 1. The first-order valence-electron chi connectivity index (χ1n) is 5.99. The summed E-state index contributed by atoms with van der Waals surface area (Å²) in [5, 5.41) is 0. The largest absolute Gasteiger partial charge is 0.465 e. The molecule has 1 N–H and O–H groups in total. The van der Waals surface area contributed by atoms with Gasteiger partial charge >= 0.3 is 11.9 Å². The maximum Gasteiger partial charge on any atom is 0.329 e. The van der Waals surface area contributed by atoms with Crippen molar-refractivity contribution in [2.75, 3.05) is 13.2 Å². The Kier molecular flexibility index (Phi) is 4.86. The first kappa shape index (κ1) is 14.9. The number of ether oxygens (including phenoxy) is 2. The molecule has 1 aromatic rings.